The number of nitriles is 1. The molecule has 218 valence electrons. The highest BCUT2D eigenvalue weighted by molar-refractivity contribution is 5.91. The molecule has 1 atom stereocenters. The van der Waals surface area contributed by atoms with E-state index in [1.165, 1.54) is 12.0 Å². The smallest absolute Gasteiger partial charge is 0.343 e. The van der Waals surface area contributed by atoms with Crippen LogP contribution in [-0.2, 0) is 0 Å². The van der Waals surface area contributed by atoms with Crippen molar-refractivity contribution in [2.45, 2.75) is 40.5 Å². The number of rotatable bonds is 12. The third-order valence-corrected chi connectivity index (χ3v) is 7.25. The maximum atomic E-state index is 12.7. The minimum absolute atomic E-state index is 0.0213. The van der Waals surface area contributed by atoms with Gasteiger partial charge in [0.05, 0.1) is 17.2 Å². The summed E-state index contributed by atoms with van der Waals surface area (Å²) >= 11 is 0. The molecular formula is C38H37NO4. The van der Waals surface area contributed by atoms with Crippen molar-refractivity contribution in [2.24, 2.45) is 5.92 Å². The molecule has 5 nitrogen and oxygen atoms in total. The number of carbonyl (C=O) groups is 1. The summed E-state index contributed by atoms with van der Waals surface area (Å²) in [6.45, 7) is 8.77. The molecule has 0 amide bonds. The van der Waals surface area contributed by atoms with E-state index in [-0.39, 0.29) is 6.79 Å². The van der Waals surface area contributed by atoms with Gasteiger partial charge in [0.25, 0.3) is 0 Å². The second-order valence-electron chi connectivity index (χ2n) is 10.6. The van der Waals surface area contributed by atoms with Gasteiger partial charge < -0.3 is 14.2 Å². The SMILES string of the molecule is CCC(C)CC(C)=CC=C(C)c1ccc(OC(=O)c2ccc(OCOc3ccc(-c4ccc(C#N)cc4)cc3)cc2)cc1. The Labute approximate surface area is 254 Å². The van der Waals surface area contributed by atoms with E-state index in [0.717, 1.165) is 28.7 Å². The summed E-state index contributed by atoms with van der Waals surface area (Å²) in [5, 5.41) is 8.96. The molecule has 43 heavy (non-hydrogen) atoms. The minimum atomic E-state index is -0.436. The second-order valence-corrected chi connectivity index (χ2v) is 10.6. The average molecular weight is 572 g/mol. The van der Waals surface area contributed by atoms with Crippen LogP contribution in [0, 0.1) is 17.2 Å². The number of nitrogens with zero attached hydrogens (tertiary/aromatic N) is 1. The predicted octanol–water partition coefficient (Wildman–Crippen LogP) is 9.65. The van der Waals surface area contributed by atoms with E-state index in [1.807, 2.05) is 60.7 Å². The Balaban J connectivity index is 1.24. The third-order valence-electron chi connectivity index (χ3n) is 7.25. The predicted molar refractivity (Wildman–Crippen MR) is 172 cm³/mol. The Morgan fingerprint density at radius 3 is 1.81 bits per heavy atom. The number of hydrogen-bond acceptors (Lipinski definition) is 5. The molecule has 0 fully saturated rings. The molecule has 0 heterocycles. The van der Waals surface area contributed by atoms with Crippen molar-refractivity contribution in [1.29, 1.82) is 5.26 Å². The first-order valence-electron chi connectivity index (χ1n) is 14.5. The van der Waals surface area contributed by atoms with Crippen LogP contribution >= 0.6 is 0 Å². The fourth-order valence-electron chi connectivity index (χ4n) is 4.41. The number of benzene rings is 4. The van der Waals surface area contributed by atoms with Gasteiger partial charge in [-0.1, -0.05) is 74.4 Å². The van der Waals surface area contributed by atoms with Gasteiger partial charge in [0.1, 0.15) is 17.2 Å². The number of carbonyl (C=O) groups excluding carboxylic acids is 1. The van der Waals surface area contributed by atoms with Gasteiger partial charge in [0.2, 0.25) is 6.79 Å². The molecular weight excluding hydrogens is 534 g/mol. The lowest BCUT2D eigenvalue weighted by Gasteiger charge is -2.10. The van der Waals surface area contributed by atoms with E-state index >= 15 is 0 Å². The van der Waals surface area contributed by atoms with Crippen molar-refractivity contribution >= 4 is 11.5 Å². The van der Waals surface area contributed by atoms with Gasteiger partial charge in [-0.25, -0.2) is 4.79 Å². The summed E-state index contributed by atoms with van der Waals surface area (Å²) in [6.07, 6.45) is 6.61. The minimum Gasteiger partial charge on any atom is -0.458 e. The van der Waals surface area contributed by atoms with Crippen LogP contribution in [0.1, 0.15) is 62.0 Å². The van der Waals surface area contributed by atoms with Gasteiger partial charge in [-0.2, -0.15) is 5.26 Å². The Kier molecular flexibility index (Phi) is 10.9. The van der Waals surface area contributed by atoms with Crippen molar-refractivity contribution in [2.75, 3.05) is 6.79 Å². The molecule has 0 aliphatic heterocycles. The van der Waals surface area contributed by atoms with Gasteiger partial charge in [-0.3, -0.25) is 0 Å². The van der Waals surface area contributed by atoms with E-state index in [9.17, 15) is 4.79 Å². The molecule has 5 heteroatoms. The van der Waals surface area contributed by atoms with Gasteiger partial charge in [0, 0.05) is 0 Å². The largest absolute Gasteiger partial charge is 0.458 e. The zero-order valence-electron chi connectivity index (χ0n) is 25.2. The zero-order chi connectivity index (χ0) is 30.6. The van der Waals surface area contributed by atoms with Crippen LogP contribution < -0.4 is 14.2 Å². The summed E-state index contributed by atoms with van der Waals surface area (Å²) in [4.78, 5) is 12.7. The Bertz CT molecular complexity index is 1590. The molecule has 0 spiro atoms. The summed E-state index contributed by atoms with van der Waals surface area (Å²) < 4.78 is 17.0. The monoisotopic (exact) mass is 571 g/mol. The standard InChI is InChI=1S/C38H37NO4/c1-5-27(2)24-28(3)6-7-29(4)31-12-22-37(23-13-31)43-38(40)34-16-20-36(21-17-34)42-26-41-35-18-14-33(15-19-35)32-10-8-30(25-39)9-11-32/h6-23,27H,5,24,26H2,1-4H3. The van der Waals surface area contributed by atoms with Crippen LogP contribution in [0.3, 0.4) is 0 Å². The Morgan fingerprint density at radius 2 is 1.26 bits per heavy atom. The molecule has 0 aliphatic rings. The Hall–Kier alpha value is -5.08. The van der Waals surface area contributed by atoms with Gasteiger partial charge >= 0.3 is 5.97 Å². The molecule has 4 aromatic rings. The normalized spacial score (nSPS) is 12.3. The highest BCUT2D eigenvalue weighted by atomic mass is 16.7. The lowest BCUT2D eigenvalue weighted by molar-refractivity contribution is 0.0734. The Morgan fingerprint density at radius 1 is 0.744 bits per heavy atom. The molecule has 0 saturated carbocycles. The topological polar surface area (TPSA) is 68.6 Å². The quantitative estimate of drug-likeness (QED) is 0.0733. The van der Waals surface area contributed by atoms with Crippen molar-refractivity contribution < 1.29 is 19.0 Å². The number of ether oxygens (including phenoxy) is 3. The molecule has 0 radical (unpaired) electrons. The zero-order valence-corrected chi connectivity index (χ0v) is 25.2. The van der Waals surface area contributed by atoms with Crippen LogP contribution in [-0.4, -0.2) is 12.8 Å². The summed E-state index contributed by atoms with van der Waals surface area (Å²) in [6, 6.07) is 31.5. The van der Waals surface area contributed by atoms with Crippen LogP contribution in [0.4, 0.5) is 0 Å². The van der Waals surface area contributed by atoms with Crippen LogP contribution in [0.2, 0.25) is 0 Å². The van der Waals surface area contributed by atoms with Crippen LogP contribution in [0.25, 0.3) is 16.7 Å². The van der Waals surface area contributed by atoms with Crippen LogP contribution in [0.15, 0.2) is 115 Å². The maximum absolute atomic E-state index is 12.7. The van der Waals surface area contributed by atoms with Crippen molar-refractivity contribution in [3.63, 3.8) is 0 Å². The van der Waals surface area contributed by atoms with Crippen molar-refractivity contribution in [3.8, 4) is 34.4 Å². The summed E-state index contributed by atoms with van der Waals surface area (Å²) in [7, 11) is 0. The summed E-state index contributed by atoms with van der Waals surface area (Å²) in [5.74, 6) is 1.99. The molecule has 0 saturated heterocycles. The molecule has 1 unspecified atom stereocenters. The first-order valence-corrected chi connectivity index (χ1v) is 14.5. The molecule has 0 aliphatic carbocycles. The maximum Gasteiger partial charge on any atom is 0.343 e. The highest BCUT2D eigenvalue weighted by Gasteiger charge is 2.10. The van der Waals surface area contributed by atoms with E-state index in [0.29, 0.717) is 34.3 Å². The van der Waals surface area contributed by atoms with E-state index in [2.05, 4.69) is 45.9 Å². The summed E-state index contributed by atoms with van der Waals surface area (Å²) in [5.41, 5.74) is 6.71. The lowest BCUT2D eigenvalue weighted by atomic mass is 9.99. The molecule has 0 bridgehead atoms. The molecule has 0 aromatic heterocycles. The molecule has 4 rings (SSSR count). The number of allylic oxidation sites excluding steroid dienone is 4. The van der Waals surface area contributed by atoms with Crippen LogP contribution in [0.5, 0.6) is 17.2 Å². The molecule has 0 N–H and O–H groups in total. The van der Waals surface area contributed by atoms with Gasteiger partial charge in [-0.05, 0) is 109 Å². The van der Waals surface area contributed by atoms with E-state index in [4.69, 9.17) is 19.5 Å². The van der Waals surface area contributed by atoms with Gasteiger partial charge in [0.15, 0.2) is 0 Å². The van der Waals surface area contributed by atoms with Gasteiger partial charge in [-0.15, -0.1) is 0 Å². The fourth-order valence-corrected chi connectivity index (χ4v) is 4.41. The first-order chi connectivity index (χ1) is 20.8. The van der Waals surface area contributed by atoms with E-state index in [1.54, 1.807) is 36.4 Å². The first kappa shape index (κ1) is 30.9. The number of esters is 1. The highest BCUT2D eigenvalue weighted by Crippen LogP contribution is 2.24. The molecule has 4 aromatic carbocycles. The van der Waals surface area contributed by atoms with Crippen molar-refractivity contribution in [3.05, 3.63) is 131 Å². The van der Waals surface area contributed by atoms with Crippen molar-refractivity contribution in [1.82, 2.24) is 0 Å². The third kappa shape index (κ3) is 9.21. The van der Waals surface area contributed by atoms with E-state index < -0.39 is 5.97 Å². The number of hydrogen-bond donors (Lipinski definition) is 0. The lowest BCUT2D eigenvalue weighted by Crippen LogP contribution is -2.09. The second kappa shape index (κ2) is 15.2. The average Bonchev–Trinajstić information content (AvgIpc) is 3.04. The fraction of sp³-hybridized carbons (Fsp3) is 0.211.